The van der Waals surface area contributed by atoms with Gasteiger partial charge < -0.3 is 9.47 Å². The summed E-state index contributed by atoms with van der Waals surface area (Å²) in [5.41, 5.74) is 3.98. The minimum absolute atomic E-state index is 0.197. The molecule has 1 heterocycles. The van der Waals surface area contributed by atoms with Gasteiger partial charge in [0, 0.05) is 17.8 Å². The van der Waals surface area contributed by atoms with Crippen LogP contribution >= 0.6 is 11.8 Å². The summed E-state index contributed by atoms with van der Waals surface area (Å²) < 4.78 is 10.5. The molecule has 0 saturated heterocycles. The van der Waals surface area contributed by atoms with Crippen LogP contribution < -0.4 is 14.9 Å². The van der Waals surface area contributed by atoms with E-state index in [1.165, 1.54) is 11.8 Å². The number of hydrazone groups is 1. The molecule has 0 aliphatic heterocycles. The fraction of sp³-hybridized carbons (Fsp3) is 0.235. The van der Waals surface area contributed by atoms with E-state index in [1.54, 1.807) is 33.4 Å². The summed E-state index contributed by atoms with van der Waals surface area (Å²) in [6.07, 6.45) is 1.69. The molecule has 126 valence electrons. The number of aromatic nitrogens is 1. The number of amides is 1. The minimum atomic E-state index is -0.197. The number of thioether (sulfide) groups is 1. The van der Waals surface area contributed by atoms with E-state index in [0.29, 0.717) is 17.2 Å². The molecule has 0 spiro atoms. The molecule has 2 rings (SSSR count). The van der Waals surface area contributed by atoms with Crippen LogP contribution in [0.25, 0.3) is 0 Å². The first-order chi connectivity index (χ1) is 11.6. The number of hydrogen-bond acceptors (Lipinski definition) is 6. The predicted octanol–water partition coefficient (Wildman–Crippen LogP) is 2.73. The minimum Gasteiger partial charge on any atom is -0.497 e. The number of nitrogens with one attached hydrogen (secondary N) is 1. The van der Waals surface area contributed by atoms with Gasteiger partial charge in [-0.3, -0.25) is 4.79 Å². The van der Waals surface area contributed by atoms with Crippen molar-refractivity contribution in [3.8, 4) is 11.5 Å². The van der Waals surface area contributed by atoms with E-state index in [4.69, 9.17) is 9.47 Å². The van der Waals surface area contributed by atoms with Crippen LogP contribution in [0.4, 0.5) is 0 Å². The van der Waals surface area contributed by atoms with Crippen LogP contribution in [0.1, 0.15) is 12.5 Å². The maximum atomic E-state index is 11.9. The highest BCUT2D eigenvalue weighted by Gasteiger charge is 2.09. The molecule has 1 N–H and O–H groups in total. The SMILES string of the molecule is COc1ccc(/C(C)=N\NC(=O)CSc2ccccn2)c(OC)c1. The highest BCUT2D eigenvalue weighted by molar-refractivity contribution is 7.99. The Kier molecular flexibility index (Phi) is 6.62. The van der Waals surface area contributed by atoms with Gasteiger partial charge in [0.05, 0.1) is 30.7 Å². The first-order valence-corrected chi connectivity index (χ1v) is 8.22. The number of ether oxygens (including phenoxy) is 2. The van der Waals surface area contributed by atoms with Crippen LogP contribution in [-0.4, -0.2) is 36.6 Å². The molecule has 0 aliphatic carbocycles. The first kappa shape index (κ1) is 17.8. The van der Waals surface area contributed by atoms with E-state index in [1.807, 2.05) is 30.3 Å². The smallest absolute Gasteiger partial charge is 0.250 e. The molecule has 1 aromatic carbocycles. The van der Waals surface area contributed by atoms with E-state index in [0.717, 1.165) is 10.6 Å². The monoisotopic (exact) mass is 345 g/mol. The number of rotatable bonds is 7. The molecule has 0 unspecified atom stereocenters. The van der Waals surface area contributed by atoms with Crippen LogP contribution in [0.2, 0.25) is 0 Å². The second-order valence-electron chi connectivity index (χ2n) is 4.76. The lowest BCUT2D eigenvalue weighted by molar-refractivity contribution is -0.118. The number of benzene rings is 1. The van der Waals surface area contributed by atoms with Crippen molar-refractivity contribution < 1.29 is 14.3 Å². The van der Waals surface area contributed by atoms with Crippen molar-refractivity contribution in [2.45, 2.75) is 11.9 Å². The molecule has 0 bridgehead atoms. The maximum absolute atomic E-state index is 11.9. The molecule has 0 aliphatic rings. The van der Waals surface area contributed by atoms with E-state index in [-0.39, 0.29) is 11.7 Å². The Morgan fingerprint density at radius 2 is 2.08 bits per heavy atom. The third-order valence-corrected chi connectivity index (χ3v) is 4.08. The number of pyridine rings is 1. The van der Waals surface area contributed by atoms with Crippen LogP contribution in [0.3, 0.4) is 0 Å². The second kappa shape index (κ2) is 8.93. The molecule has 6 nitrogen and oxygen atoms in total. The molecule has 0 fully saturated rings. The summed E-state index contributed by atoms with van der Waals surface area (Å²) >= 11 is 1.35. The van der Waals surface area contributed by atoms with Gasteiger partial charge in [0.15, 0.2) is 0 Å². The Morgan fingerprint density at radius 1 is 1.25 bits per heavy atom. The lowest BCUT2D eigenvalue weighted by Crippen LogP contribution is -2.21. The zero-order valence-corrected chi connectivity index (χ0v) is 14.6. The molecule has 7 heteroatoms. The lowest BCUT2D eigenvalue weighted by Gasteiger charge is -2.10. The number of nitrogens with zero attached hydrogens (tertiary/aromatic N) is 2. The van der Waals surface area contributed by atoms with Crippen molar-refractivity contribution >= 4 is 23.4 Å². The number of methoxy groups -OCH3 is 2. The fourth-order valence-electron chi connectivity index (χ4n) is 1.91. The van der Waals surface area contributed by atoms with Gasteiger partial charge >= 0.3 is 0 Å². The second-order valence-corrected chi connectivity index (χ2v) is 5.75. The van der Waals surface area contributed by atoms with E-state index >= 15 is 0 Å². The Balaban J connectivity index is 1.97. The number of carbonyl (C=O) groups is 1. The molecule has 1 aromatic heterocycles. The van der Waals surface area contributed by atoms with Crippen molar-refractivity contribution in [3.63, 3.8) is 0 Å². The standard InChI is InChI=1S/C17H19N3O3S/c1-12(14-8-7-13(22-2)10-15(14)23-3)19-20-16(21)11-24-17-6-4-5-9-18-17/h4-10H,11H2,1-3H3,(H,20,21)/b19-12-. The average molecular weight is 345 g/mol. The summed E-state index contributed by atoms with van der Waals surface area (Å²) in [7, 11) is 3.17. The third kappa shape index (κ3) is 4.99. The van der Waals surface area contributed by atoms with Gasteiger partial charge in [-0.1, -0.05) is 17.8 Å². The van der Waals surface area contributed by atoms with Gasteiger partial charge in [-0.2, -0.15) is 5.10 Å². The Hall–Kier alpha value is -2.54. The van der Waals surface area contributed by atoms with Gasteiger partial charge in [-0.05, 0) is 31.2 Å². The molecule has 24 heavy (non-hydrogen) atoms. The Labute approximate surface area is 145 Å². The fourth-order valence-corrected chi connectivity index (χ4v) is 2.56. The molecule has 0 saturated carbocycles. The van der Waals surface area contributed by atoms with E-state index < -0.39 is 0 Å². The van der Waals surface area contributed by atoms with Crippen molar-refractivity contribution in [2.75, 3.05) is 20.0 Å². The molecule has 1 amide bonds. The highest BCUT2D eigenvalue weighted by Crippen LogP contribution is 2.25. The van der Waals surface area contributed by atoms with E-state index in [2.05, 4.69) is 15.5 Å². The van der Waals surface area contributed by atoms with Gasteiger partial charge in [0.25, 0.3) is 0 Å². The van der Waals surface area contributed by atoms with Crippen LogP contribution in [0, 0.1) is 0 Å². The molecular formula is C17H19N3O3S. The third-order valence-electron chi connectivity index (χ3n) is 3.14. The zero-order chi connectivity index (χ0) is 17.4. The molecular weight excluding hydrogens is 326 g/mol. The van der Waals surface area contributed by atoms with Gasteiger partial charge in [0.1, 0.15) is 11.5 Å². The maximum Gasteiger partial charge on any atom is 0.250 e. The molecule has 2 aromatic rings. The topological polar surface area (TPSA) is 72.8 Å². The zero-order valence-electron chi connectivity index (χ0n) is 13.8. The van der Waals surface area contributed by atoms with Crippen molar-refractivity contribution in [1.29, 1.82) is 0 Å². The molecule has 0 radical (unpaired) electrons. The molecule has 0 atom stereocenters. The summed E-state index contributed by atoms with van der Waals surface area (Å²) in [6, 6.07) is 11.0. The summed E-state index contributed by atoms with van der Waals surface area (Å²) in [4.78, 5) is 16.0. The summed E-state index contributed by atoms with van der Waals surface area (Å²) in [6.45, 7) is 1.80. The Morgan fingerprint density at radius 3 is 2.75 bits per heavy atom. The quantitative estimate of drug-likeness (QED) is 0.474. The average Bonchev–Trinajstić information content (AvgIpc) is 2.64. The van der Waals surface area contributed by atoms with Crippen molar-refractivity contribution in [2.24, 2.45) is 5.10 Å². The largest absolute Gasteiger partial charge is 0.497 e. The normalized spacial score (nSPS) is 11.0. The van der Waals surface area contributed by atoms with Gasteiger partial charge in [-0.15, -0.1) is 0 Å². The van der Waals surface area contributed by atoms with Crippen LogP contribution in [-0.2, 0) is 4.79 Å². The van der Waals surface area contributed by atoms with Crippen molar-refractivity contribution in [3.05, 3.63) is 48.2 Å². The summed E-state index contributed by atoms with van der Waals surface area (Å²) in [5, 5.41) is 4.93. The lowest BCUT2D eigenvalue weighted by atomic mass is 10.1. The predicted molar refractivity (Wildman–Crippen MR) is 94.9 cm³/mol. The first-order valence-electron chi connectivity index (χ1n) is 7.23. The van der Waals surface area contributed by atoms with Gasteiger partial charge in [0.2, 0.25) is 5.91 Å². The number of hydrogen-bond donors (Lipinski definition) is 1. The summed E-state index contributed by atoms with van der Waals surface area (Å²) in [5.74, 6) is 1.37. The van der Waals surface area contributed by atoms with Crippen molar-refractivity contribution in [1.82, 2.24) is 10.4 Å². The highest BCUT2D eigenvalue weighted by atomic mass is 32.2. The van der Waals surface area contributed by atoms with E-state index in [9.17, 15) is 4.79 Å². The van der Waals surface area contributed by atoms with Gasteiger partial charge in [-0.25, -0.2) is 10.4 Å². The van der Waals surface area contributed by atoms with Crippen LogP contribution in [0.15, 0.2) is 52.7 Å². The Bertz CT molecular complexity index is 720. The number of carbonyl (C=O) groups excluding carboxylic acids is 1. The van der Waals surface area contributed by atoms with Crippen LogP contribution in [0.5, 0.6) is 11.5 Å².